The summed E-state index contributed by atoms with van der Waals surface area (Å²) in [5.41, 5.74) is 0. The number of carboxylic acid groups (broad SMARTS) is 1. The van der Waals surface area contributed by atoms with Gasteiger partial charge in [-0.3, -0.25) is 4.79 Å². The van der Waals surface area contributed by atoms with E-state index in [0.29, 0.717) is 12.8 Å². The van der Waals surface area contributed by atoms with Crippen LogP contribution in [-0.2, 0) is 19.1 Å². The summed E-state index contributed by atoms with van der Waals surface area (Å²) in [6.45, 7) is 3.24. The number of carbonyl (C=O) groups excluding carboxylic acids is 1. The molecule has 134 valence electrons. The highest BCUT2D eigenvalue weighted by atomic mass is 16.7. The number of ether oxygens (including phenoxy) is 2. The molecule has 0 unspecified atom stereocenters. The molecular formula is C17H25NO6. The quantitative estimate of drug-likeness (QED) is 0.430. The van der Waals surface area contributed by atoms with Gasteiger partial charge >= 0.3 is 5.97 Å². The molecule has 7 nitrogen and oxygen atoms in total. The molecule has 1 heterocycles. The molecule has 7 heteroatoms. The minimum Gasteiger partial charge on any atom is -0.475 e. The number of terminal acetylenes is 1. The van der Waals surface area contributed by atoms with Crippen LogP contribution < -0.4 is 5.32 Å². The summed E-state index contributed by atoms with van der Waals surface area (Å²) in [4.78, 5) is 22.4. The minimum absolute atomic E-state index is 0.190. The summed E-state index contributed by atoms with van der Waals surface area (Å²) in [6, 6.07) is -0.870. The maximum Gasteiger partial charge on any atom is 0.371 e. The predicted octanol–water partition coefficient (Wildman–Crippen LogP) is 1.17. The third-order valence-electron chi connectivity index (χ3n) is 3.69. The minimum atomic E-state index is -1.30. The van der Waals surface area contributed by atoms with Crippen LogP contribution in [0.4, 0.5) is 0 Å². The Kier molecular flexibility index (Phi) is 8.30. The Morgan fingerprint density at radius 3 is 2.75 bits per heavy atom. The van der Waals surface area contributed by atoms with Gasteiger partial charge in [0.1, 0.15) is 12.1 Å². The van der Waals surface area contributed by atoms with Gasteiger partial charge in [-0.2, -0.15) is 0 Å². The van der Waals surface area contributed by atoms with Gasteiger partial charge in [-0.15, -0.1) is 12.3 Å². The molecule has 3 N–H and O–H groups in total. The van der Waals surface area contributed by atoms with Crippen LogP contribution in [0.2, 0.25) is 0 Å². The Bertz CT molecular complexity index is 510. The van der Waals surface area contributed by atoms with Crippen molar-refractivity contribution in [3.05, 3.63) is 11.8 Å². The van der Waals surface area contributed by atoms with Gasteiger partial charge in [0.05, 0.1) is 6.10 Å². The number of aliphatic hydroxyl groups is 1. The van der Waals surface area contributed by atoms with Crippen molar-refractivity contribution in [2.45, 2.75) is 70.5 Å². The third-order valence-corrected chi connectivity index (χ3v) is 3.69. The first-order valence-electron chi connectivity index (χ1n) is 8.04. The van der Waals surface area contributed by atoms with Crippen LogP contribution in [0.15, 0.2) is 11.8 Å². The van der Waals surface area contributed by atoms with E-state index in [0.717, 1.165) is 25.3 Å². The number of unbranched alkanes of at least 4 members (excludes halogenated alkanes) is 2. The highest BCUT2D eigenvalue weighted by Crippen LogP contribution is 2.23. The number of aliphatic hydroxyl groups excluding tert-OH is 1. The van der Waals surface area contributed by atoms with Crippen molar-refractivity contribution in [3.8, 4) is 12.3 Å². The maximum absolute atomic E-state index is 11.3. The number of hydrogen-bond donors (Lipinski definition) is 3. The summed E-state index contributed by atoms with van der Waals surface area (Å²) in [5.74, 6) is 0.513. The highest BCUT2D eigenvalue weighted by molar-refractivity contribution is 5.84. The van der Waals surface area contributed by atoms with Crippen molar-refractivity contribution in [1.29, 1.82) is 0 Å². The fourth-order valence-corrected chi connectivity index (χ4v) is 2.44. The van der Waals surface area contributed by atoms with Gasteiger partial charge < -0.3 is 25.0 Å². The second-order valence-corrected chi connectivity index (χ2v) is 5.66. The molecule has 0 bridgehead atoms. The van der Waals surface area contributed by atoms with E-state index in [2.05, 4.69) is 11.2 Å². The molecule has 0 aromatic carbocycles. The van der Waals surface area contributed by atoms with E-state index in [1.54, 1.807) is 0 Å². The molecule has 1 aliphatic rings. The number of aliphatic carboxylic acids is 1. The van der Waals surface area contributed by atoms with Crippen LogP contribution in [0.25, 0.3) is 0 Å². The van der Waals surface area contributed by atoms with Crippen LogP contribution in [0.5, 0.6) is 0 Å². The van der Waals surface area contributed by atoms with Gasteiger partial charge in [0.2, 0.25) is 18.0 Å². The first kappa shape index (κ1) is 20.0. The lowest BCUT2D eigenvalue weighted by molar-refractivity contribution is -0.194. The van der Waals surface area contributed by atoms with E-state index < -0.39 is 30.2 Å². The monoisotopic (exact) mass is 339 g/mol. The highest BCUT2D eigenvalue weighted by Gasteiger charge is 2.38. The van der Waals surface area contributed by atoms with Gasteiger partial charge in [-0.05, 0) is 31.8 Å². The maximum atomic E-state index is 11.3. The number of hydrogen-bond acceptors (Lipinski definition) is 5. The lowest BCUT2D eigenvalue weighted by Crippen LogP contribution is -2.55. The van der Waals surface area contributed by atoms with Gasteiger partial charge in [0, 0.05) is 13.3 Å². The van der Waals surface area contributed by atoms with Crippen LogP contribution in [0, 0.1) is 12.3 Å². The number of amides is 1. The van der Waals surface area contributed by atoms with Crippen LogP contribution in [0.3, 0.4) is 0 Å². The first-order chi connectivity index (χ1) is 11.4. The molecule has 0 aliphatic carbocycles. The fraction of sp³-hybridized carbons (Fsp3) is 0.647. The average Bonchev–Trinajstić information content (AvgIpc) is 2.52. The molecule has 0 spiro atoms. The van der Waals surface area contributed by atoms with E-state index >= 15 is 0 Å². The first-order valence-corrected chi connectivity index (χ1v) is 8.04. The lowest BCUT2D eigenvalue weighted by atomic mass is 10.1. The summed E-state index contributed by atoms with van der Waals surface area (Å²) in [6.07, 6.45) is 7.64. The zero-order chi connectivity index (χ0) is 18.1. The molecule has 24 heavy (non-hydrogen) atoms. The van der Waals surface area contributed by atoms with Gasteiger partial charge in [0.25, 0.3) is 0 Å². The largest absolute Gasteiger partial charge is 0.475 e. The van der Waals surface area contributed by atoms with E-state index in [1.165, 1.54) is 6.92 Å². The lowest BCUT2D eigenvalue weighted by Gasteiger charge is -2.36. The van der Waals surface area contributed by atoms with E-state index in [4.69, 9.17) is 21.0 Å². The molecule has 0 aromatic rings. The topological polar surface area (TPSA) is 105 Å². The predicted molar refractivity (Wildman–Crippen MR) is 86.7 cm³/mol. The van der Waals surface area contributed by atoms with Crippen molar-refractivity contribution in [3.63, 3.8) is 0 Å². The second-order valence-electron chi connectivity index (χ2n) is 5.66. The zero-order valence-corrected chi connectivity index (χ0v) is 14.0. The fourth-order valence-electron chi connectivity index (χ4n) is 2.44. The Hall–Kier alpha value is -2.04. The SMILES string of the molecule is C#CCCCC[C@@H](CC)O[C@@H]1OC(C(=O)O)=C[C@H](O)[C@H]1NC(C)=O. The van der Waals surface area contributed by atoms with E-state index in [9.17, 15) is 14.7 Å². The van der Waals surface area contributed by atoms with Crippen molar-refractivity contribution >= 4 is 11.9 Å². The molecule has 0 aromatic heterocycles. The van der Waals surface area contributed by atoms with Crippen LogP contribution in [0.1, 0.15) is 46.0 Å². The third kappa shape index (κ3) is 6.22. The average molecular weight is 339 g/mol. The van der Waals surface area contributed by atoms with Gasteiger partial charge in [-0.1, -0.05) is 6.92 Å². The standard InChI is InChI=1S/C17H25NO6/c1-4-6-7-8-9-12(5-2)23-17-15(18-11(3)19)13(20)10-14(24-17)16(21)22/h1,10,12-13,15,17,20H,5-9H2,2-3H3,(H,18,19)(H,21,22)/t12-,13+,15-,17-/m1/s1. The Labute approximate surface area is 142 Å². The van der Waals surface area contributed by atoms with E-state index in [-0.39, 0.29) is 12.0 Å². The number of carbonyl (C=O) groups is 2. The van der Waals surface area contributed by atoms with E-state index in [1.807, 2.05) is 6.92 Å². The van der Waals surface area contributed by atoms with Crippen molar-refractivity contribution in [2.75, 3.05) is 0 Å². The van der Waals surface area contributed by atoms with Crippen molar-refractivity contribution in [1.82, 2.24) is 5.32 Å². The molecule has 0 radical (unpaired) electrons. The Balaban J connectivity index is 2.78. The van der Waals surface area contributed by atoms with Gasteiger partial charge in [0.15, 0.2) is 0 Å². The Morgan fingerprint density at radius 1 is 1.50 bits per heavy atom. The molecule has 1 rings (SSSR count). The molecule has 0 fully saturated rings. The zero-order valence-electron chi connectivity index (χ0n) is 14.0. The molecule has 0 saturated carbocycles. The molecular weight excluding hydrogens is 314 g/mol. The van der Waals surface area contributed by atoms with Crippen LogP contribution >= 0.6 is 0 Å². The number of carboxylic acids is 1. The summed E-state index contributed by atoms with van der Waals surface area (Å²) in [7, 11) is 0. The summed E-state index contributed by atoms with van der Waals surface area (Å²) < 4.78 is 11.2. The van der Waals surface area contributed by atoms with Crippen molar-refractivity contribution < 1.29 is 29.3 Å². The van der Waals surface area contributed by atoms with Crippen molar-refractivity contribution in [2.24, 2.45) is 0 Å². The number of rotatable bonds is 9. The number of nitrogens with one attached hydrogen (secondary N) is 1. The summed E-state index contributed by atoms with van der Waals surface area (Å²) in [5, 5.41) is 21.7. The Morgan fingerprint density at radius 2 is 2.21 bits per heavy atom. The van der Waals surface area contributed by atoms with Gasteiger partial charge in [-0.25, -0.2) is 4.79 Å². The normalized spacial score (nSPS) is 24.2. The smallest absolute Gasteiger partial charge is 0.371 e. The molecule has 4 atom stereocenters. The summed E-state index contributed by atoms with van der Waals surface area (Å²) >= 11 is 0. The second kappa shape index (κ2) is 9.96. The molecule has 1 aliphatic heterocycles. The van der Waals surface area contributed by atoms with Crippen LogP contribution in [-0.4, -0.2) is 46.6 Å². The molecule has 1 amide bonds. The molecule has 0 saturated heterocycles.